The molecule has 0 saturated carbocycles. The number of carbonyl (C=O) groups excluding carboxylic acids is 2. The van der Waals surface area contributed by atoms with Gasteiger partial charge in [0.2, 0.25) is 0 Å². The number of nitrogens with one attached hydrogen (secondary N) is 1. The van der Waals surface area contributed by atoms with E-state index in [1.807, 2.05) is 0 Å². The van der Waals surface area contributed by atoms with Gasteiger partial charge in [0.15, 0.2) is 6.61 Å². The van der Waals surface area contributed by atoms with Gasteiger partial charge in [0.05, 0.1) is 22.4 Å². The van der Waals surface area contributed by atoms with Crippen LogP contribution in [0.2, 0.25) is 0 Å². The molecule has 10 heteroatoms. The fourth-order valence-electron chi connectivity index (χ4n) is 3.67. The molecule has 0 unspecified atom stereocenters. The standard InChI is InChI=1S/C21H18N4O6/c26-19(24-9-3-4-13-10-14(25(29)30)7-8-18(13)24)12-31-20(27)11-17-15-5-1-2-6-16(15)21(28)23-22-17/h1-2,5-8,10H,3-4,9,11-12H2,(H,23,28). The average Bonchev–Trinajstić information content (AvgIpc) is 2.78. The topological polar surface area (TPSA) is 136 Å². The van der Waals surface area contributed by atoms with Crippen LogP contribution >= 0.6 is 0 Å². The lowest BCUT2D eigenvalue weighted by atomic mass is 10.0. The predicted molar refractivity (Wildman–Crippen MR) is 111 cm³/mol. The van der Waals surface area contributed by atoms with Gasteiger partial charge in [0, 0.05) is 29.8 Å². The molecule has 158 valence electrons. The number of esters is 1. The summed E-state index contributed by atoms with van der Waals surface area (Å²) in [6, 6.07) is 11.1. The van der Waals surface area contributed by atoms with Crippen molar-refractivity contribution >= 4 is 34.0 Å². The maximum Gasteiger partial charge on any atom is 0.312 e. The zero-order chi connectivity index (χ0) is 22.0. The summed E-state index contributed by atoms with van der Waals surface area (Å²) in [5.74, 6) is -1.07. The monoisotopic (exact) mass is 422 g/mol. The Hall–Kier alpha value is -4.08. The predicted octanol–water partition coefficient (Wildman–Crippen LogP) is 1.90. The van der Waals surface area contributed by atoms with Crippen LogP contribution in [0.1, 0.15) is 17.7 Å². The van der Waals surface area contributed by atoms with Gasteiger partial charge in [-0.3, -0.25) is 24.5 Å². The summed E-state index contributed by atoms with van der Waals surface area (Å²) in [5, 5.41) is 18.2. The Morgan fingerprint density at radius 1 is 1.19 bits per heavy atom. The maximum absolute atomic E-state index is 12.6. The maximum atomic E-state index is 12.6. The molecule has 0 radical (unpaired) electrons. The van der Waals surface area contributed by atoms with Crippen molar-refractivity contribution in [2.45, 2.75) is 19.3 Å². The molecular weight excluding hydrogens is 404 g/mol. The highest BCUT2D eigenvalue weighted by molar-refractivity contribution is 5.96. The number of H-pyrrole nitrogens is 1. The van der Waals surface area contributed by atoms with Crippen molar-refractivity contribution in [2.75, 3.05) is 18.1 Å². The summed E-state index contributed by atoms with van der Waals surface area (Å²) in [6.45, 7) is -0.0240. The Bertz CT molecular complexity index is 1250. The SMILES string of the molecule is O=C(Cc1n[nH]c(=O)c2ccccc12)OCC(=O)N1CCCc2cc([N+](=O)[O-])ccc21. The number of aromatic nitrogens is 2. The Kier molecular flexibility index (Phi) is 5.44. The first-order valence-electron chi connectivity index (χ1n) is 9.63. The summed E-state index contributed by atoms with van der Waals surface area (Å²) in [5.41, 5.74) is 1.27. The third-order valence-corrected chi connectivity index (χ3v) is 5.14. The summed E-state index contributed by atoms with van der Waals surface area (Å²) >= 11 is 0. The van der Waals surface area contributed by atoms with Crippen molar-refractivity contribution in [3.05, 3.63) is 74.2 Å². The van der Waals surface area contributed by atoms with Gasteiger partial charge in [-0.2, -0.15) is 5.10 Å². The van der Waals surface area contributed by atoms with Gasteiger partial charge in [0.25, 0.3) is 17.2 Å². The summed E-state index contributed by atoms with van der Waals surface area (Å²) < 4.78 is 5.15. The summed E-state index contributed by atoms with van der Waals surface area (Å²) in [4.78, 5) is 48.8. The average molecular weight is 422 g/mol. The number of aryl methyl sites for hydroxylation is 1. The van der Waals surface area contributed by atoms with E-state index in [1.54, 1.807) is 30.3 Å². The van der Waals surface area contributed by atoms with Crippen LogP contribution in [0, 0.1) is 10.1 Å². The number of fused-ring (bicyclic) bond motifs is 2. The minimum atomic E-state index is -0.654. The number of nitrogens with zero attached hydrogens (tertiary/aromatic N) is 3. The first kappa shape index (κ1) is 20.2. The van der Waals surface area contributed by atoms with Crippen LogP contribution in [0.25, 0.3) is 10.8 Å². The molecule has 0 aliphatic carbocycles. The fraction of sp³-hybridized carbons (Fsp3) is 0.238. The Morgan fingerprint density at radius 2 is 1.97 bits per heavy atom. The molecule has 1 aliphatic heterocycles. The second kappa shape index (κ2) is 8.34. The number of hydrogen-bond donors (Lipinski definition) is 1. The molecule has 10 nitrogen and oxygen atoms in total. The number of anilines is 1. The second-order valence-electron chi connectivity index (χ2n) is 7.10. The highest BCUT2D eigenvalue weighted by Crippen LogP contribution is 2.30. The first-order chi connectivity index (χ1) is 14.9. The molecule has 2 heterocycles. The van der Waals surface area contributed by atoms with Crippen molar-refractivity contribution in [2.24, 2.45) is 0 Å². The first-order valence-corrected chi connectivity index (χ1v) is 9.63. The zero-order valence-corrected chi connectivity index (χ0v) is 16.4. The van der Waals surface area contributed by atoms with Crippen LogP contribution in [0.4, 0.5) is 11.4 Å². The van der Waals surface area contributed by atoms with Crippen LogP contribution in [0.15, 0.2) is 47.3 Å². The number of hydrogen-bond acceptors (Lipinski definition) is 7. The highest BCUT2D eigenvalue weighted by atomic mass is 16.6. The molecule has 2 aromatic carbocycles. The Morgan fingerprint density at radius 3 is 2.74 bits per heavy atom. The van der Waals surface area contributed by atoms with E-state index in [2.05, 4.69) is 10.2 Å². The molecule has 1 aliphatic rings. The third kappa shape index (κ3) is 4.13. The number of benzene rings is 2. The second-order valence-corrected chi connectivity index (χ2v) is 7.10. The van der Waals surface area contributed by atoms with E-state index in [1.165, 1.54) is 17.0 Å². The lowest BCUT2D eigenvalue weighted by Crippen LogP contribution is -2.38. The smallest absolute Gasteiger partial charge is 0.312 e. The van der Waals surface area contributed by atoms with E-state index < -0.39 is 23.4 Å². The van der Waals surface area contributed by atoms with E-state index in [0.29, 0.717) is 47.1 Å². The van der Waals surface area contributed by atoms with E-state index in [9.17, 15) is 24.5 Å². The lowest BCUT2D eigenvalue weighted by molar-refractivity contribution is -0.384. The molecule has 3 aromatic rings. The van der Waals surface area contributed by atoms with Crippen molar-refractivity contribution in [1.29, 1.82) is 0 Å². The minimum Gasteiger partial charge on any atom is -0.455 e. The van der Waals surface area contributed by atoms with Gasteiger partial charge in [-0.1, -0.05) is 18.2 Å². The van der Waals surface area contributed by atoms with Crippen LogP contribution in [0.5, 0.6) is 0 Å². The minimum absolute atomic E-state index is 0.0277. The quantitative estimate of drug-likeness (QED) is 0.377. The van der Waals surface area contributed by atoms with Gasteiger partial charge in [0.1, 0.15) is 0 Å². The van der Waals surface area contributed by atoms with Gasteiger partial charge < -0.3 is 9.64 Å². The Labute approximate surface area is 175 Å². The van der Waals surface area contributed by atoms with E-state index in [4.69, 9.17) is 4.74 Å². The molecule has 1 aromatic heterocycles. The lowest BCUT2D eigenvalue weighted by Gasteiger charge is -2.29. The van der Waals surface area contributed by atoms with Crippen molar-refractivity contribution < 1.29 is 19.2 Å². The molecule has 0 atom stereocenters. The van der Waals surface area contributed by atoms with Gasteiger partial charge in [-0.15, -0.1) is 0 Å². The molecule has 1 amide bonds. The number of aromatic amines is 1. The van der Waals surface area contributed by atoms with E-state index in [-0.39, 0.29) is 17.7 Å². The normalized spacial score (nSPS) is 13.0. The zero-order valence-electron chi connectivity index (χ0n) is 16.4. The number of carbonyl (C=O) groups is 2. The summed E-state index contributed by atoms with van der Waals surface area (Å²) in [7, 11) is 0. The highest BCUT2D eigenvalue weighted by Gasteiger charge is 2.25. The van der Waals surface area contributed by atoms with Gasteiger partial charge >= 0.3 is 5.97 Å². The molecule has 0 saturated heterocycles. The van der Waals surface area contributed by atoms with Crippen LogP contribution in [-0.4, -0.2) is 40.1 Å². The Balaban J connectivity index is 1.43. The third-order valence-electron chi connectivity index (χ3n) is 5.14. The van der Waals surface area contributed by atoms with E-state index >= 15 is 0 Å². The number of non-ortho nitro benzene ring substituents is 1. The molecule has 0 fully saturated rings. The number of amides is 1. The van der Waals surface area contributed by atoms with Gasteiger partial charge in [-0.05, 0) is 30.5 Å². The largest absolute Gasteiger partial charge is 0.455 e. The van der Waals surface area contributed by atoms with Crippen molar-refractivity contribution in [3.63, 3.8) is 0 Å². The molecule has 1 N–H and O–H groups in total. The number of rotatable bonds is 5. The van der Waals surface area contributed by atoms with Gasteiger partial charge in [-0.25, -0.2) is 5.10 Å². The molecular formula is C21H18N4O6. The molecule has 4 rings (SSSR count). The molecule has 0 bridgehead atoms. The van der Waals surface area contributed by atoms with Crippen LogP contribution in [-0.2, 0) is 27.2 Å². The number of nitro benzene ring substituents is 1. The number of nitro groups is 1. The van der Waals surface area contributed by atoms with Crippen molar-refractivity contribution in [1.82, 2.24) is 10.2 Å². The molecule has 0 spiro atoms. The molecule has 31 heavy (non-hydrogen) atoms. The van der Waals surface area contributed by atoms with Crippen LogP contribution < -0.4 is 10.5 Å². The summed E-state index contributed by atoms with van der Waals surface area (Å²) in [6.07, 6.45) is 1.08. The number of ether oxygens (including phenoxy) is 1. The van der Waals surface area contributed by atoms with Crippen molar-refractivity contribution in [3.8, 4) is 0 Å². The van der Waals surface area contributed by atoms with Crippen LogP contribution in [0.3, 0.4) is 0 Å². The van der Waals surface area contributed by atoms with E-state index in [0.717, 1.165) is 0 Å². The fourth-order valence-corrected chi connectivity index (χ4v) is 3.67.